The molecule has 0 atom stereocenters. The predicted octanol–water partition coefficient (Wildman–Crippen LogP) is 5.29. The molecule has 7 N–H and O–H groups in total. The van der Waals surface area contributed by atoms with E-state index in [1.165, 1.54) is 31.4 Å². The van der Waals surface area contributed by atoms with Crippen LogP contribution in [0.15, 0.2) is 48.6 Å². The molecule has 6 rings (SSSR count). The molecule has 0 aliphatic rings. The first-order valence-electron chi connectivity index (χ1n) is 23.3. The molecule has 0 saturated heterocycles. The summed E-state index contributed by atoms with van der Waals surface area (Å²) in [6.07, 6.45) is 4.85. The number of allylic oxidation sites excluding steroid dienone is 2. The summed E-state index contributed by atoms with van der Waals surface area (Å²) in [6, 6.07) is 9.41. The molecule has 0 spiro atoms. The minimum Gasteiger partial charge on any atom is -0.494 e. The van der Waals surface area contributed by atoms with Gasteiger partial charge in [-0.15, -0.1) is 0 Å². The van der Waals surface area contributed by atoms with Gasteiger partial charge in [-0.25, -0.2) is 9.97 Å². The normalized spacial score (nSPS) is 12.0. The van der Waals surface area contributed by atoms with Crippen LogP contribution >= 0.6 is 0 Å². The number of amides is 5. The lowest BCUT2D eigenvalue weighted by Crippen LogP contribution is -2.36. The zero-order valence-electron chi connectivity index (χ0n) is 42.1. The van der Waals surface area contributed by atoms with E-state index in [1.54, 1.807) is 51.6 Å². The second kappa shape index (κ2) is 22.4. The number of fused-ring (bicyclic) bond motifs is 2. The smallest absolute Gasteiger partial charge is 0.276 e. The van der Waals surface area contributed by atoms with Crippen LogP contribution < -0.4 is 36.9 Å². The summed E-state index contributed by atoms with van der Waals surface area (Å²) in [6.45, 7) is 17.0. The summed E-state index contributed by atoms with van der Waals surface area (Å²) >= 11 is 0. The number of nitrogens with zero attached hydrogens (tertiary/aromatic N) is 8. The standard InChI is InChI=1S/C49H65N13O9/c1-11-61-35(22-29(3)57-61)44(66)55-46-53-33-24-31(42(50)64)26-37(68-9)40(33)59(46)18-13-14-19-60-41-34(54-47(60)56-45(67)36-23-30(4)58-62(36)12-2)25-32(43(51)65)27-38(41)70-20-15-17-52-39(63)28-49(7,8)71-21-16-48(5,6)69-10/h13-14,22-27H,11-12,15-21,28H2,1-10H3,(H2,50,64)(H2,51,65)(H,52,63)(H,53,55,66)(H,54,56,67)/b14-13+. The Kier molecular flexibility index (Phi) is 16.7. The Hall–Kier alpha value is -7.59. The molecule has 0 bridgehead atoms. The zero-order chi connectivity index (χ0) is 51.8. The van der Waals surface area contributed by atoms with Gasteiger partial charge in [0.25, 0.3) is 11.8 Å². The Labute approximate surface area is 411 Å². The van der Waals surface area contributed by atoms with Gasteiger partial charge in [0, 0.05) is 51.0 Å². The van der Waals surface area contributed by atoms with E-state index in [0.29, 0.717) is 89.7 Å². The average molecular weight is 980 g/mol. The Morgan fingerprint density at radius 2 is 1.18 bits per heavy atom. The van der Waals surface area contributed by atoms with Crippen LogP contribution in [0.1, 0.15) is 114 Å². The SMILES string of the molecule is CCn1nc(C)cc1C(=O)Nc1nc2cc(C(N)=O)cc(OC)c2n1C/C=C/Cn1c(NC(=O)c2cc(C)nn2CC)nc2cc(C(N)=O)cc(OCCCNC(=O)CC(C)(C)OCCC(C)(C)OC)c21. The summed E-state index contributed by atoms with van der Waals surface area (Å²) in [5, 5.41) is 17.6. The number of imidazole rings is 2. The number of benzene rings is 2. The van der Waals surface area contributed by atoms with E-state index in [4.69, 9.17) is 40.4 Å². The average Bonchev–Trinajstić information content (AvgIpc) is 4.08. The van der Waals surface area contributed by atoms with E-state index in [-0.39, 0.29) is 66.4 Å². The van der Waals surface area contributed by atoms with Gasteiger partial charge in [-0.05, 0) is 105 Å². The zero-order valence-corrected chi connectivity index (χ0v) is 42.1. The summed E-state index contributed by atoms with van der Waals surface area (Å²) < 4.78 is 30.1. The summed E-state index contributed by atoms with van der Waals surface area (Å²) in [5.41, 5.74) is 14.2. The molecule has 0 radical (unpaired) electrons. The largest absolute Gasteiger partial charge is 0.494 e. The van der Waals surface area contributed by atoms with Crippen molar-refractivity contribution in [1.82, 2.24) is 44.0 Å². The molecular weight excluding hydrogens is 915 g/mol. The third-order valence-electron chi connectivity index (χ3n) is 11.7. The van der Waals surface area contributed by atoms with Crippen molar-refractivity contribution in [1.29, 1.82) is 0 Å². The van der Waals surface area contributed by atoms with Gasteiger partial charge in [0.15, 0.2) is 0 Å². The third-order valence-corrected chi connectivity index (χ3v) is 11.7. The number of methoxy groups -OCH3 is 2. The molecule has 4 heterocycles. The van der Waals surface area contributed by atoms with Crippen molar-refractivity contribution < 1.29 is 42.9 Å². The van der Waals surface area contributed by atoms with Crippen molar-refractivity contribution in [3.63, 3.8) is 0 Å². The fourth-order valence-electron chi connectivity index (χ4n) is 7.84. The highest BCUT2D eigenvalue weighted by molar-refractivity contribution is 6.05. The second-order valence-electron chi connectivity index (χ2n) is 18.1. The Balaban J connectivity index is 1.30. The van der Waals surface area contributed by atoms with Crippen molar-refractivity contribution in [2.24, 2.45) is 11.5 Å². The maximum absolute atomic E-state index is 13.9. The van der Waals surface area contributed by atoms with Crippen LogP contribution in [0, 0.1) is 13.8 Å². The first kappa shape index (κ1) is 52.8. The van der Waals surface area contributed by atoms with E-state index in [0.717, 1.165) is 0 Å². The summed E-state index contributed by atoms with van der Waals surface area (Å²) in [4.78, 5) is 75.0. The molecule has 2 aromatic carbocycles. The molecule has 22 nitrogen and oxygen atoms in total. The minimum absolute atomic E-state index is 0.105. The highest BCUT2D eigenvalue weighted by Crippen LogP contribution is 2.33. The lowest BCUT2D eigenvalue weighted by atomic mass is 10.0. The molecule has 6 aromatic rings. The number of aromatic nitrogens is 8. The Morgan fingerprint density at radius 1 is 0.690 bits per heavy atom. The number of hydrogen-bond acceptors (Lipinski definition) is 13. The molecule has 22 heteroatoms. The second-order valence-corrected chi connectivity index (χ2v) is 18.1. The number of aryl methyl sites for hydroxylation is 4. The van der Waals surface area contributed by atoms with Gasteiger partial charge in [0.1, 0.15) is 33.9 Å². The number of hydrogen-bond donors (Lipinski definition) is 5. The first-order valence-corrected chi connectivity index (χ1v) is 23.3. The van der Waals surface area contributed by atoms with Gasteiger partial charge in [-0.3, -0.25) is 44.0 Å². The maximum Gasteiger partial charge on any atom is 0.276 e. The number of nitrogens with one attached hydrogen (secondary N) is 3. The fourth-order valence-corrected chi connectivity index (χ4v) is 7.84. The van der Waals surface area contributed by atoms with Crippen LogP contribution in [0.4, 0.5) is 11.9 Å². The number of carbonyl (C=O) groups is 5. The number of carbonyl (C=O) groups excluding carboxylic acids is 5. The van der Waals surface area contributed by atoms with E-state index in [9.17, 15) is 24.0 Å². The van der Waals surface area contributed by atoms with Gasteiger partial charge < -0.3 is 44.9 Å². The Bertz CT molecular complexity index is 2980. The third kappa shape index (κ3) is 12.8. The first-order chi connectivity index (χ1) is 33.7. The van der Waals surface area contributed by atoms with E-state index < -0.39 is 29.2 Å². The number of primary amides is 2. The molecular formula is C49H65N13O9. The van der Waals surface area contributed by atoms with Gasteiger partial charge in [0.2, 0.25) is 29.6 Å². The van der Waals surface area contributed by atoms with Gasteiger partial charge in [-0.2, -0.15) is 10.2 Å². The lowest BCUT2D eigenvalue weighted by Gasteiger charge is -2.28. The monoisotopic (exact) mass is 980 g/mol. The van der Waals surface area contributed by atoms with Crippen LogP contribution in [0.2, 0.25) is 0 Å². The highest BCUT2D eigenvalue weighted by atomic mass is 16.5. The van der Waals surface area contributed by atoms with Crippen molar-refractivity contribution >= 4 is 63.5 Å². The van der Waals surface area contributed by atoms with E-state index in [1.807, 2.05) is 53.7 Å². The number of rotatable bonds is 25. The van der Waals surface area contributed by atoms with Crippen LogP contribution in [0.5, 0.6) is 11.5 Å². The van der Waals surface area contributed by atoms with Crippen LogP contribution in [-0.2, 0) is 40.4 Å². The molecule has 0 aliphatic heterocycles. The van der Waals surface area contributed by atoms with E-state index in [2.05, 4.69) is 26.1 Å². The highest BCUT2D eigenvalue weighted by Gasteiger charge is 2.26. The van der Waals surface area contributed by atoms with Crippen molar-refractivity contribution in [2.45, 2.75) is 112 Å². The van der Waals surface area contributed by atoms with Crippen LogP contribution in [0.25, 0.3) is 22.1 Å². The quantitative estimate of drug-likeness (QED) is 0.0361. The molecule has 0 unspecified atom stereocenters. The fraction of sp³-hybridized carbons (Fsp3) is 0.449. The lowest BCUT2D eigenvalue weighted by molar-refractivity contribution is -0.128. The van der Waals surface area contributed by atoms with Crippen molar-refractivity contribution in [2.75, 3.05) is 44.6 Å². The minimum atomic E-state index is -0.717. The van der Waals surface area contributed by atoms with E-state index >= 15 is 0 Å². The van der Waals surface area contributed by atoms with Crippen LogP contribution in [-0.4, -0.2) is 113 Å². The molecule has 4 aromatic heterocycles. The van der Waals surface area contributed by atoms with Crippen molar-refractivity contribution in [3.8, 4) is 11.5 Å². The van der Waals surface area contributed by atoms with Crippen molar-refractivity contribution in [3.05, 3.63) is 82.5 Å². The van der Waals surface area contributed by atoms with Gasteiger partial charge >= 0.3 is 0 Å². The molecule has 0 saturated carbocycles. The maximum atomic E-state index is 13.9. The number of anilines is 2. The van der Waals surface area contributed by atoms with Gasteiger partial charge in [0.05, 0.1) is 60.4 Å². The van der Waals surface area contributed by atoms with Crippen LogP contribution in [0.3, 0.4) is 0 Å². The topological polar surface area (TPSA) is 282 Å². The molecule has 5 amide bonds. The molecule has 0 aliphatic carbocycles. The number of nitrogens with two attached hydrogens (primary N) is 2. The molecule has 0 fully saturated rings. The summed E-state index contributed by atoms with van der Waals surface area (Å²) in [5.74, 6) is -1.67. The predicted molar refractivity (Wildman–Crippen MR) is 267 cm³/mol. The van der Waals surface area contributed by atoms with Gasteiger partial charge in [-0.1, -0.05) is 12.2 Å². The summed E-state index contributed by atoms with van der Waals surface area (Å²) in [7, 11) is 3.10. The number of ether oxygens (including phenoxy) is 4. The molecule has 380 valence electrons. The Morgan fingerprint density at radius 3 is 1.65 bits per heavy atom. The molecule has 71 heavy (non-hydrogen) atoms.